The monoisotopic (exact) mass is 441 g/mol. The fraction of sp³-hybridized carbons (Fsp3) is 0.458. The van der Waals surface area contributed by atoms with E-state index in [0.717, 1.165) is 36.4 Å². The van der Waals surface area contributed by atoms with Crippen molar-refractivity contribution in [1.82, 2.24) is 9.80 Å². The van der Waals surface area contributed by atoms with Gasteiger partial charge in [0.15, 0.2) is 0 Å². The van der Waals surface area contributed by atoms with Crippen LogP contribution in [-0.4, -0.2) is 72.9 Å². The van der Waals surface area contributed by atoms with Crippen LogP contribution in [0.15, 0.2) is 48.5 Å². The molecule has 6 nitrogen and oxygen atoms in total. The summed E-state index contributed by atoms with van der Waals surface area (Å²) in [5, 5.41) is 0. The van der Waals surface area contributed by atoms with Crippen LogP contribution in [0.3, 0.4) is 0 Å². The largest absolute Gasteiger partial charge is 0.492 e. The Balaban J connectivity index is 1.43. The third-order valence-corrected chi connectivity index (χ3v) is 6.43. The molecule has 0 spiro atoms. The molecule has 2 unspecified atom stereocenters. The lowest BCUT2D eigenvalue weighted by molar-refractivity contribution is 0.00453. The predicted octanol–water partition coefficient (Wildman–Crippen LogP) is 2.22. The summed E-state index contributed by atoms with van der Waals surface area (Å²) in [5.41, 5.74) is 9.10. The number of rotatable bonds is 8. The van der Waals surface area contributed by atoms with E-state index in [0.29, 0.717) is 44.2 Å². The summed E-state index contributed by atoms with van der Waals surface area (Å²) in [4.78, 5) is 17.6. The van der Waals surface area contributed by atoms with Gasteiger partial charge in [-0.25, -0.2) is 0 Å². The summed E-state index contributed by atoms with van der Waals surface area (Å²) in [6.07, 6.45) is 0.863. The number of piperazine rings is 1. The van der Waals surface area contributed by atoms with Crippen molar-refractivity contribution in [2.24, 2.45) is 5.73 Å². The average molecular weight is 442 g/mol. The fourth-order valence-electron chi connectivity index (χ4n) is 4.28. The van der Waals surface area contributed by atoms with Crippen molar-refractivity contribution in [2.45, 2.75) is 25.1 Å². The molecule has 0 saturated carbocycles. The van der Waals surface area contributed by atoms with Gasteiger partial charge in [-0.15, -0.1) is 0 Å². The van der Waals surface area contributed by atoms with Crippen molar-refractivity contribution in [2.75, 3.05) is 45.1 Å². The third kappa shape index (κ3) is 5.41. The number of para-hydroxylation sites is 1. The molecule has 31 heavy (non-hydrogen) atoms. The first-order valence-electron chi connectivity index (χ1n) is 10.9. The number of thiol groups is 1. The second-order valence-electron chi connectivity index (χ2n) is 8.24. The first kappa shape index (κ1) is 22.1. The predicted molar refractivity (Wildman–Crippen MR) is 125 cm³/mol. The Morgan fingerprint density at radius 3 is 2.84 bits per heavy atom. The lowest BCUT2D eigenvalue weighted by Crippen LogP contribution is -2.58. The first-order valence-corrected chi connectivity index (χ1v) is 11.5. The van der Waals surface area contributed by atoms with Crippen molar-refractivity contribution in [1.29, 1.82) is 0 Å². The van der Waals surface area contributed by atoms with Gasteiger partial charge in [-0.3, -0.25) is 9.69 Å². The highest BCUT2D eigenvalue weighted by Gasteiger charge is 2.32. The van der Waals surface area contributed by atoms with Crippen LogP contribution in [0.4, 0.5) is 0 Å². The number of carbonyl (C=O) groups is 1. The molecule has 2 N–H and O–H groups in total. The second kappa shape index (κ2) is 10.5. The van der Waals surface area contributed by atoms with Gasteiger partial charge in [-0.05, 0) is 17.2 Å². The van der Waals surface area contributed by atoms with E-state index in [1.807, 2.05) is 41.3 Å². The van der Waals surface area contributed by atoms with Crippen molar-refractivity contribution >= 4 is 18.5 Å². The summed E-state index contributed by atoms with van der Waals surface area (Å²) < 4.78 is 11.8. The molecule has 2 aliphatic rings. The quantitative estimate of drug-likeness (QED) is 0.615. The maximum absolute atomic E-state index is 13.3. The summed E-state index contributed by atoms with van der Waals surface area (Å²) in [6.45, 7) is 4.52. The molecule has 2 atom stereocenters. The Morgan fingerprint density at radius 2 is 2.03 bits per heavy atom. The lowest BCUT2D eigenvalue weighted by Gasteiger charge is -2.42. The molecule has 2 aliphatic heterocycles. The number of ether oxygens (including phenoxy) is 2. The topological polar surface area (TPSA) is 68.0 Å². The summed E-state index contributed by atoms with van der Waals surface area (Å²) in [5.74, 6) is 1.42. The standard InChI is InChI=1S/C24H31N3O3S/c25-20(17-31)13-26-10-11-27(14-21(26)16-29-15-18-5-2-1-3-6-18)24(28)22-8-4-7-19-9-12-30-23(19)22/h1-8,20-21,31H,9-17,25H2. The van der Waals surface area contributed by atoms with Crippen LogP contribution in [-0.2, 0) is 17.8 Å². The summed E-state index contributed by atoms with van der Waals surface area (Å²) in [6, 6.07) is 16.1. The van der Waals surface area contributed by atoms with Gasteiger partial charge in [0.1, 0.15) is 5.75 Å². The van der Waals surface area contributed by atoms with Crippen molar-refractivity contribution in [3.63, 3.8) is 0 Å². The number of nitrogens with zero attached hydrogens (tertiary/aromatic N) is 2. The smallest absolute Gasteiger partial charge is 0.257 e. The van der Waals surface area contributed by atoms with Crippen molar-refractivity contribution in [3.05, 3.63) is 65.2 Å². The minimum atomic E-state index is -0.00648. The highest BCUT2D eigenvalue weighted by molar-refractivity contribution is 7.80. The fourth-order valence-corrected chi connectivity index (χ4v) is 4.39. The SMILES string of the molecule is NC(CS)CN1CCN(C(=O)c2cccc3c2OCC3)CC1COCc1ccccc1. The van der Waals surface area contributed by atoms with E-state index in [4.69, 9.17) is 15.2 Å². The van der Waals surface area contributed by atoms with Crippen LogP contribution < -0.4 is 10.5 Å². The Labute approximate surface area is 189 Å². The zero-order valence-electron chi connectivity index (χ0n) is 17.8. The molecular formula is C24H31N3O3S. The minimum absolute atomic E-state index is 0.00648. The summed E-state index contributed by atoms with van der Waals surface area (Å²) in [7, 11) is 0. The molecule has 1 saturated heterocycles. The molecule has 2 aromatic carbocycles. The average Bonchev–Trinajstić information content (AvgIpc) is 3.29. The number of hydrogen-bond acceptors (Lipinski definition) is 6. The molecule has 2 aromatic rings. The second-order valence-corrected chi connectivity index (χ2v) is 8.60. The Morgan fingerprint density at radius 1 is 1.19 bits per heavy atom. The molecule has 2 heterocycles. The Bertz CT molecular complexity index is 880. The zero-order valence-corrected chi connectivity index (χ0v) is 18.7. The van der Waals surface area contributed by atoms with E-state index < -0.39 is 0 Å². The maximum atomic E-state index is 13.3. The summed E-state index contributed by atoms with van der Waals surface area (Å²) >= 11 is 4.34. The van der Waals surface area contributed by atoms with Gasteiger partial charge in [-0.1, -0.05) is 42.5 Å². The number of benzene rings is 2. The van der Waals surface area contributed by atoms with E-state index in [1.54, 1.807) is 0 Å². The van der Waals surface area contributed by atoms with Crippen LogP contribution in [0.1, 0.15) is 21.5 Å². The number of amides is 1. The minimum Gasteiger partial charge on any atom is -0.492 e. The van der Waals surface area contributed by atoms with Gasteiger partial charge in [0.25, 0.3) is 5.91 Å². The van der Waals surface area contributed by atoms with Gasteiger partial charge >= 0.3 is 0 Å². The molecule has 0 aliphatic carbocycles. The molecule has 0 aromatic heterocycles. The van der Waals surface area contributed by atoms with Gasteiger partial charge in [0, 0.05) is 44.4 Å². The van der Waals surface area contributed by atoms with Crippen LogP contribution in [0.2, 0.25) is 0 Å². The highest BCUT2D eigenvalue weighted by atomic mass is 32.1. The van der Waals surface area contributed by atoms with Crippen LogP contribution in [0, 0.1) is 0 Å². The molecule has 4 rings (SSSR count). The van der Waals surface area contributed by atoms with Crippen molar-refractivity contribution in [3.8, 4) is 5.75 Å². The van der Waals surface area contributed by atoms with E-state index in [-0.39, 0.29) is 18.0 Å². The van der Waals surface area contributed by atoms with Gasteiger partial charge < -0.3 is 20.1 Å². The lowest BCUT2D eigenvalue weighted by atomic mass is 10.1. The Hall–Kier alpha value is -2.06. The highest BCUT2D eigenvalue weighted by Crippen LogP contribution is 2.30. The Kier molecular flexibility index (Phi) is 7.50. The van der Waals surface area contributed by atoms with E-state index in [1.165, 1.54) is 0 Å². The molecule has 1 fully saturated rings. The van der Waals surface area contributed by atoms with Gasteiger partial charge in [0.05, 0.1) is 31.4 Å². The molecule has 166 valence electrons. The molecule has 1 amide bonds. The normalized spacial score (nSPS) is 19.7. The van der Waals surface area contributed by atoms with Crippen LogP contribution in [0.5, 0.6) is 5.75 Å². The number of carbonyl (C=O) groups excluding carboxylic acids is 1. The number of fused-ring (bicyclic) bond motifs is 1. The van der Waals surface area contributed by atoms with Crippen LogP contribution >= 0.6 is 12.6 Å². The third-order valence-electron chi connectivity index (χ3n) is 5.96. The number of hydrogen-bond donors (Lipinski definition) is 2. The van der Waals surface area contributed by atoms with Gasteiger partial charge in [-0.2, -0.15) is 12.6 Å². The molecule has 0 radical (unpaired) electrons. The van der Waals surface area contributed by atoms with Crippen LogP contribution in [0.25, 0.3) is 0 Å². The van der Waals surface area contributed by atoms with Gasteiger partial charge in [0.2, 0.25) is 0 Å². The van der Waals surface area contributed by atoms with Crippen molar-refractivity contribution < 1.29 is 14.3 Å². The zero-order chi connectivity index (χ0) is 21.6. The van der Waals surface area contributed by atoms with E-state index in [9.17, 15) is 4.79 Å². The van der Waals surface area contributed by atoms with E-state index in [2.05, 4.69) is 29.7 Å². The maximum Gasteiger partial charge on any atom is 0.257 e. The molecule has 7 heteroatoms. The molecular weight excluding hydrogens is 410 g/mol. The van der Waals surface area contributed by atoms with E-state index >= 15 is 0 Å². The molecule has 0 bridgehead atoms. The number of nitrogens with two attached hydrogens (primary N) is 1. The first-order chi connectivity index (χ1) is 15.2.